The van der Waals surface area contributed by atoms with Crippen LogP contribution in [-0.4, -0.2) is 25.3 Å². The van der Waals surface area contributed by atoms with Crippen LogP contribution in [0.5, 0.6) is 0 Å². The molecule has 1 rings (SSSR count). The van der Waals surface area contributed by atoms with Gasteiger partial charge in [0.1, 0.15) is 6.29 Å². The first-order valence-corrected chi connectivity index (χ1v) is 4.95. The van der Waals surface area contributed by atoms with E-state index in [0.29, 0.717) is 19.6 Å². The molecule has 1 heterocycles. The van der Waals surface area contributed by atoms with Gasteiger partial charge in [-0.15, -0.1) is 0 Å². The Bertz CT molecular complexity index is 223. The maximum absolute atomic E-state index is 10.9. The molecule has 1 aliphatic rings. The Labute approximate surface area is 85.1 Å². The highest BCUT2D eigenvalue weighted by Gasteiger charge is 2.38. The van der Waals surface area contributed by atoms with Gasteiger partial charge in [-0.1, -0.05) is 11.6 Å². The van der Waals surface area contributed by atoms with Gasteiger partial charge in [-0.2, -0.15) is 0 Å². The summed E-state index contributed by atoms with van der Waals surface area (Å²) < 4.78 is 10.9. The molecule has 0 spiro atoms. The second-order valence-corrected chi connectivity index (χ2v) is 3.97. The molecule has 1 fully saturated rings. The molecule has 0 saturated carbocycles. The first-order valence-electron chi connectivity index (χ1n) is 4.95. The van der Waals surface area contributed by atoms with Gasteiger partial charge < -0.3 is 14.3 Å². The quantitative estimate of drug-likeness (QED) is 0.511. The third-order valence-electron chi connectivity index (χ3n) is 2.48. The summed E-state index contributed by atoms with van der Waals surface area (Å²) in [6.07, 6.45) is 3.64. The highest BCUT2D eigenvalue weighted by Crippen LogP contribution is 2.29. The second kappa shape index (κ2) is 4.71. The number of aldehydes is 1. The summed E-state index contributed by atoms with van der Waals surface area (Å²) in [5.41, 5.74) is 1.21. The van der Waals surface area contributed by atoms with E-state index in [4.69, 9.17) is 9.47 Å². The van der Waals surface area contributed by atoms with Crippen LogP contribution in [0.3, 0.4) is 0 Å². The van der Waals surface area contributed by atoms with E-state index in [0.717, 1.165) is 6.29 Å². The second-order valence-electron chi connectivity index (χ2n) is 3.97. The van der Waals surface area contributed by atoms with Crippen LogP contribution in [0.4, 0.5) is 0 Å². The molecule has 3 heteroatoms. The van der Waals surface area contributed by atoms with Gasteiger partial charge in [0.25, 0.3) is 0 Å². The summed E-state index contributed by atoms with van der Waals surface area (Å²) in [6.45, 7) is 7.02. The van der Waals surface area contributed by atoms with E-state index in [1.807, 2.05) is 26.8 Å². The van der Waals surface area contributed by atoms with E-state index in [-0.39, 0.29) is 5.92 Å². The Morgan fingerprint density at radius 1 is 1.43 bits per heavy atom. The van der Waals surface area contributed by atoms with Crippen LogP contribution >= 0.6 is 0 Å². The minimum absolute atomic E-state index is 0.208. The van der Waals surface area contributed by atoms with Crippen LogP contribution in [-0.2, 0) is 14.3 Å². The van der Waals surface area contributed by atoms with Crippen LogP contribution in [0.25, 0.3) is 0 Å². The Hall–Kier alpha value is -0.670. The standard InChI is InChI=1S/C11H18O3/c1-9(2)4-5-10(8-12)11(3)13-6-7-14-11/h4,8,10H,5-7H2,1-3H3. The van der Waals surface area contributed by atoms with Crippen LogP contribution in [0.1, 0.15) is 27.2 Å². The third-order valence-corrected chi connectivity index (χ3v) is 2.48. The van der Waals surface area contributed by atoms with Crippen molar-refractivity contribution in [3.8, 4) is 0 Å². The number of hydrogen-bond acceptors (Lipinski definition) is 3. The SMILES string of the molecule is CC(C)=CCC(C=O)C1(C)OCCO1. The molecule has 0 amide bonds. The van der Waals surface area contributed by atoms with E-state index >= 15 is 0 Å². The predicted octanol–water partition coefficient (Wildman–Crippen LogP) is 1.92. The van der Waals surface area contributed by atoms with Crippen LogP contribution < -0.4 is 0 Å². The average Bonchev–Trinajstić information content (AvgIpc) is 2.53. The molecule has 0 radical (unpaired) electrons. The van der Waals surface area contributed by atoms with Crippen molar-refractivity contribution in [2.75, 3.05) is 13.2 Å². The smallest absolute Gasteiger partial charge is 0.175 e. The van der Waals surface area contributed by atoms with Gasteiger partial charge in [-0.05, 0) is 27.2 Å². The zero-order valence-electron chi connectivity index (χ0n) is 9.08. The molecule has 1 unspecified atom stereocenters. The molecule has 0 aromatic rings. The van der Waals surface area contributed by atoms with Crippen molar-refractivity contribution in [1.29, 1.82) is 0 Å². The average molecular weight is 198 g/mol. The summed E-state index contributed by atoms with van der Waals surface area (Å²) in [5.74, 6) is -0.923. The van der Waals surface area contributed by atoms with Crippen molar-refractivity contribution in [2.24, 2.45) is 5.92 Å². The fourth-order valence-electron chi connectivity index (χ4n) is 1.50. The molecular weight excluding hydrogens is 180 g/mol. The van der Waals surface area contributed by atoms with E-state index in [9.17, 15) is 4.79 Å². The van der Waals surface area contributed by atoms with Crippen molar-refractivity contribution in [3.05, 3.63) is 11.6 Å². The van der Waals surface area contributed by atoms with Gasteiger partial charge in [-0.25, -0.2) is 0 Å². The zero-order valence-corrected chi connectivity index (χ0v) is 9.08. The van der Waals surface area contributed by atoms with E-state index in [1.165, 1.54) is 5.57 Å². The summed E-state index contributed by atoms with van der Waals surface area (Å²) in [7, 11) is 0. The van der Waals surface area contributed by atoms with Crippen molar-refractivity contribution in [2.45, 2.75) is 33.0 Å². The van der Waals surface area contributed by atoms with Crippen LogP contribution in [0.15, 0.2) is 11.6 Å². The molecule has 1 aliphatic heterocycles. The number of hydrogen-bond donors (Lipinski definition) is 0. The van der Waals surface area contributed by atoms with E-state index in [1.54, 1.807) is 0 Å². The predicted molar refractivity (Wildman–Crippen MR) is 53.9 cm³/mol. The number of carbonyl (C=O) groups excluding carboxylic acids is 1. The normalized spacial score (nSPS) is 21.6. The summed E-state index contributed by atoms with van der Waals surface area (Å²) in [4.78, 5) is 10.9. The van der Waals surface area contributed by atoms with Crippen molar-refractivity contribution in [3.63, 3.8) is 0 Å². The molecule has 0 N–H and O–H groups in total. The molecule has 0 aromatic heterocycles. The Kier molecular flexibility index (Phi) is 3.84. The number of allylic oxidation sites excluding steroid dienone is 2. The maximum Gasteiger partial charge on any atom is 0.175 e. The molecule has 0 aromatic carbocycles. The summed E-state index contributed by atoms with van der Waals surface area (Å²) >= 11 is 0. The number of carbonyl (C=O) groups is 1. The molecule has 1 atom stereocenters. The lowest BCUT2D eigenvalue weighted by atomic mass is 9.97. The zero-order chi connectivity index (χ0) is 10.6. The van der Waals surface area contributed by atoms with Gasteiger partial charge in [0.2, 0.25) is 0 Å². The first-order chi connectivity index (χ1) is 6.58. The van der Waals surface area contributed by atoms with Crippen LogP contribution in [0.2, 0.25) is 0 Å². The van der Waals surface area contributed by atoms with Crippen molar-refractivity contribution >= 4 is 6.29 Å². The van der Waals surface area contributed by atoms with Gasteiger partial charge in [0, 0.05) is 0 Å². The fraction of sp³-hybridized carbons (Fsp3) is 0.727. The first kappa shape index (κ1) is 11.4. The molecule has 1 saturated heterocycles. The molecular formula is C11H18O3. The van der Waals surface area contributed by atoms with E-state index in [2.05, 4.69) is 0 Å². The minimum atomic E-state index is -0.715. The lowest BCUT2D eigenvalue weighted by Gasteiger charge is -2.27. The van der Waals surface area contributed by atoms with Crippen LogP contribution in [0, 0.1) is 5.92 Å². The monoisotopic (exact) mass is 198 g/mol. The Morgan fingerprint density at radius 2 is 2.00 bits per heavy atom. The largest absolute Gasteiger partial charge is 0.347 e. The molecule has 3 nitrogen and oxygen atoms in total. The highest BCUT2D eigenvalue weighted by atomic mass is 16.7. The van der Waals surface area contributed by atoms with Crippen molar-refractivity contribution in [1.82, 2.24) is 0 Å². The highest BCUT2D eigenvalue weighted by molar-refractivity contribution is 5.55. The summed E-state index contributed by atoms with van der Waals surface area (Å²) in [5, 5.41) is 0. The van der Waals surface area contributed by atoms with Gasteiger partial charge in [0.15, 0.2) is 5.79 Å². The van der Waals surface area contributed by atoms with Crippen molar-refractivity contribution < 1.29 is 14.3 Å². The minimum Gasteiger partial charge on any atom is -0.347 e. The lowest BCUT2D eigenvalue weighted by molar-refractivity contribution is -0.179. The lowest BCUT2D eigenvalue weighted by Crippen LogP contribution is -2.36. The third kappa shape index (κ3) is 2.66. The Balaban J connectivity index is 2.61. The number of rotatable bonds is 4. The molecule has 80 valence electrons. The molecule has 0 aliphatic carbocycles. The topological polar surface area (TPSA) is 35.5 Å². The summed E-state index contributed by atoms with van der Waals surface area (Å²) in [6, 6.07) is 0. The maximum atomic E-state index is 10.9. The molecule has 0 bridgehead atoms. The van der Waals surface area contributed by atoms with Gasteiger partial charge in [-0.3, -0.25) is 0 Å². The van der Waals surface area contributed by atoms with Gasteiger partial charge >= 0.3 is 0 Å². The Morgan fingerprint density at radius 3 is 2.43 bits per heavy atom. The fourth-order valence-corrected chi connectivity index (χ4v) is 1.50. The van der Waals surface area contributed by atoms with E-state index < -0.39 is 5.79 Å². The number of ether oxygens (including phenoxy) is 2. The van der Waals surface area contributed by atoms with Gasteiger partial charge in [0.05, 0.1) is 19.1 Å². The molecule has 14 heavy (non-hydrogen) atoms.